The van der Waals surface area contributed by atoms with E-state index in [1.165, 1.54) is 0 Å². The number of nitrogens with one attached hydrogen (secondary N) is 3. The van der Waals surface area contributed by atoms with E-state index in [4.69, 9.17) is 4.42 Å². The number of pyridine rings is 1. The van der Waals surface area contributed by atoms with Crippen LogP contribution in [0.25, 0.3) is 33.2 Å². The van der Waals surface area contributed by atoms with Crippen LogP contribution in [0.15, 0.2) is 100 Å². The van der Waals surface area contributed by atoms with Crippen LogP contribution in [0.3, 0.4) is 0 Å². The van der Waals surface area contributed by atoms with Gasteiger partial charge in [-0.3, -0.25) is 9.59 Å². The molecule has 3 heterocycles. The lowest BCUT2D eigenvalue weighted by molar-refractivity contribution is 0.0947. The van der Waals surface area contributed by atoms with Crippen LogP contribution >= 0.6 is 0 Å². The average molecular weight is 543 g/mol. The van der Waals surface area contributed by atoms with Gasteiger partial charge in [-0.05, 0) is 73.7 Å². The summed E-state index contributed by atoms with van der Waals surface area (Å²) in [5.41, 5.74) is 6.59. The van der Waals surface area contributed by atoms with E-state index >= 15 is 0 Å². The van der Waals surface area contributed by atoms with E-state index in [2.05, 4.69) is 20.6 Å². The minimum absolute atomic E-state index is 0.0541. The van der Waals surface area contributed by atoms with Crippen LogP contribution in [-0.4, -0.2) is 15.9 Å². The lowest BCUT2D eigenvalue weighted by atomic mass is 9.98. The van der Waals surface area contributed by atoms with Gasteiger partial charge in [0.05, 0.1) is 17.1 Å². The summed E-state index contributed by atoms with van der Waals surface area (Å²) in [6.07, 6.45) is 3.50. The topological polar surface area (TPSA) is 100 Å². The minimum Gasteiger partial charge on any atom is -0.455 e. The number of hydrogen-bond donors (Lipinski definition) is 3. The zero-order valence-corrected chi connectivity index (χ0v) is 23.1. The van der Waals surface area contributed by atoms with Crippen molar-refractivity contribution in [2.45, 2.75) is 33.4 Å². The summed E-state index contributed by atoms with van der Waals surface area (Å²) in [6.45, 7) is 6.12. The molecule has 1 atom stereocenters. The molecule has 0 aliphatic rings. The van der Waals surface area contributed by atoms with Crippen molar-refractivity contribution in [3.8, 4) is 11.3 Å². The van der Waals surface area contributed by atoms with Crippen LogP contribution in [0.1, 0.15) is 45.7 Å². The van der Waals surface area contributed by atoms with E-state index < -0.39 is 0 Å². The van der Waals surface area contributed by atoms with Crippen molar-refractivity contribution in [1.29, 1.82) is 0 Å². The van der Waals surface area contributed by atoms with Crippen LogP contribution in [0.2, 0.25) is 0 Å². The van der Waals surface area contributed by atoms with Gasteiger partial charge in [-0.2, -0.15) is 0 Å². The first kappa shape index (κ1) is 26.1. The molecule has 6 aromatic rings. The Morgan fingerprint density at radius 3 is 2.66 bits per heavy atom. The number of aromatic amines is 1. The molecule has 0 fully saturated rings. The molecular weight excluding hydrogens is 512 g/mol. The van der Waals surface area contributed by atoms with E-state index in [0.29, 0.717) is 40.2 Å². The molecule has 0 unspecified atom stereocenters. The normalized spacial score (nSPS) is 12.0. The summed E-state index contributed by atoms with van der Waals surface area (Å²) in [6, 6.07) is 24.9. The Balaban J connectivity index is 1.30. The van der Waals surface area contributed by atoms with Crippen LogP contribution in [0.5, 0.6) is 0 Å². The van der Waals surface area contributed by atoms with Crippen molar-refractivity contribution in [3.63, 3.8) is 0 Å². The van der Waals surface area contributed by atoms with Crippen molar-refractivity contribution in [2.24, 2.45) is 0 Å². The molecule has 0 radical (unpaired) electrons. The smallest absolute Gasteiger partial charge is 0.272 e. The number of amides is 1. The van der Waals surface area contributed by atoms with E-state index in [0.717, 1.165) is 33.2 Å². The number of aromatic nitrogens is 2. The molecule has 3 aromatic carbocycles. The average Bonchev–Trinajstić information content (AvgIpc) is 3.46. The van der Waals surface area contributed by atoms with Crippen molar-refractivity contribution in [1.82, 2.24) is 15.3 Å². The van der Waals surface area contributed by atoms with Gasteiger partial charge in [0.15, 0.2) is 11.1 Å². The molecule has 1 amide bonds. The van der Waals surface area contributed by atoms with Crippen molar-refractivity contribution >= 4 is 33.5 Å². The maximum Gasteiger partial charge on any atom is 0.272 e. The Hall–Kier alpha value is -5.17. The number of fused-ring (bicyclic) bond motifs is 2. The van der Waals surface area contributed by atoms with Gasteiger partial charge >= 0.3 is 0 Å². The van der Waals surface area contributed by atoms with E-state index in [9.17, 15) is 9.59 Å². The largest absolute Gasteiger partial charge is 0.455 e. The maximum absolute atomic E-state index is 13.5. The molecule has 204 valence electrons. The molecule has 0 aliphatic heterocycles. The Kier molecular flexibility index (Phi) is 6.85. The number of H-pyrrole nitrogens is 1. The Morgan fingerprint density at radius 2 is 1.83 bits per heavy atom. The molecule has 6 rings (SSSR count). The summed E-state index contributed by atoms with van der Waals surface area (Å²) < 4.78 is 6.46. The second-order valence-electron chi connectivity index (χ2n) is 10.3. The first-order chi connectivity index (χ1) is 19.9. The van der Waals surface area contributed by atoms with E-state index in [-0.39, 0.29) is 17.4 Å². The van der Waals surface area contributed by atoms with E-state index in [1.807, 2.05) is 92.8 Å². The fourth-order valence-electron chi connectivity index (χ4n) is 5.25. The molecule has 0 saturated heterocycles. The lowest BCUT2D eigenvalue weighted by Crippen LogP contribution is -2.25. The van der Waals surface area contributed by atoms with Crippen LogP contribution < -0.4 is 16.1 Å². The van der Waals surface area contributed by atoms with Gasteiger partial charge in [-0.1, -0.05) is 42.5 Å². The number of carbonyl (C=O) groups excluding carboxylic acids is 1. The minimum atomic E-state index is -0.293. The molecular formula is C34H30N4O3. The standard InChI is InChI=1S/C34H30N4O3/c1-20-16-26(33-27(17-20)31(39)21(2)32(41-33)24-8-5-4-6-9-24)22(3)38-29-10-7-14-36-30(29)34(40)37-19-23-11-12-28-25(18-23)13-15-35-28/h4-18,22,35,38H,19H2,1-3H3,(H,37,40)/t22-/m1/s1. The van der Waals surface area contributed by atoms with Crippen LogP contribution in [0.4, 0.5) is 5.69 Å². The zero-order valence-electron chi connectivity index (χ0n) is 23.1. The van der Waals surface area contributed by atoms with Crippen LogP contribution in [-0.2, 0) is 6.54 Å². The molecule has 0 saturated carbocycles. The van der Waals surface area contributed by atoms with Crippen molar-refractivity contribution in [2.75, 3.05) is 5.32 Å². The zero-order chi connectivity index (χ0) is 28.5. The first-order valence-corrected chi connectivity index (χ1v) is 13.6. The number of hydrogen-bond acceptors (Lipinski definition) is 5. The molecule has 0 bridgehead atoms. The number of anilines is 1. The summed E-state index contributed by atoms with van der Waals surface area (Å²) in [5.74, 6) is 0.275. The second-order valence-corrected chi connectivity index (χ2v) is 10.3. The van der Waals surface area contributed by atoms with Gasteiger partial charge in [0.1, 0.15) is 11.3 Å². The lowest BCUT2D eigenvalue weighted by Gasteiger charge is -2.20. The molecule has 0 spiro atoms. The number of nitrogens with zero attached hydrogens (tertiary/aromatic N) is 1. The summed E-state index contributed by atoms with van der Waals surface area (Å²) in [5, 5.41) is 8.07. The molecule has 7 nitrogen and oxygen atoms in total. The van der Waals surface area contributed by atoms with Crippen molar-refractivity contribution < 1.29 is 9.21 Å². The third-order valence-corrected chi connectivity index (χ3v) is 7.36. The van der Waals surface area contributed by atoms with Gasteiger partial charge < -0.3 is 20.0 Å². The molecule has 3 N–H and O–H groups in total. The highest BCUT2D eigenvalue weighted by Crippen LogP contribution is 2.32. The van der Waals surface area contributed by atoms with Gasteiger partial charge in [0.25, 0.3) is 5.91 Å². The molecule has 7 heteroatoms. The SMILES string of the molecule is Cc1cc([C@@H](C)Nc2cccnc2C(=O)NCc2ccc3[nH]ccc3c2)c2oc(-c3ccccc3)c(C)c(=O)c2c1. The predicted molar refractivity (Wildman–Crippen MR) is 163 cm³/mol. The Labute approximate surface area is 237 Å². The predicted octanol–water partition coefficient (Wildman–Crippen LogP) is 7.06. The third kappa shape index (κ3) is 5.10. The highest BCUT2D eigenvalue weighted by atomic mass is 16.3. The van der Waals surface area contributed by atoms with E-state index in [1.54, 1.807) is 19.2 Å². The van der Waals surface area contributed by atoms with Gasteiger partial charge in [0.2, 0.25) is 0 Å². The number of rotatable bonds is 7. The van der Waals surface area contributed by atoms with Gasteiger partial charge in [-0.25, -0.2) is 4.98 Å². The fraction of sp³-hybridized carbons (Fsp3) is 0.147. The first-order valence-electron chi connectivity index (χ1n) is 13.6. The summed E-state index contributed by atoms with van der Waals surface area (Å²) >= 11 is 0. The molecule has 0 aliphatic carbocycles. The highest BCUT2D eigenvalue weighted by molar-refractivity contribution is 5.97. The molecule has 3 aromatic heterocycles. The summed E-state index contributed by atoms with van der Waals surface area (Å²) in [7, 11) is 0. The fourth-order valence-corrected chi connectivity index (χ4v) is 5.25. The number of benzene rings is 3. The van der Waals surface area contributed by atoms with Gasteiger partial charge in [0, 0.05) is 41.1 Å². The second kappa shape index (κ2) is 10.8. The van der Waals surface area contributed by atoms with Gasteiger partial charge in [-0.15, -0.1) is 0 Å². The molecule has 41 heavy (non-hydrogen) atoms. The van der Waals surface area contributed by atoms with Crippen LogP contribution in [0, 0.1) is 13.8 Å². The third-order valence-electron chi connectivity index (χ3n) is 7.36. The number of aryl methyl sites for hydroxylation is 1. The van der Waals surface area contributed by atoms with Crippen molar-refractivity contribution in [3.05, 3.63) is 129 Å². The highest BCUT2D eigenvalue weighted by Gasteiger charge is 2.21. The monoisotopic (exact) mass is 542 g/mol. The Bertz CT molecular complexity index is 1960. The summed E-state index contributed by atoms with van der Waals surface area (Å²) in [4.78, 5) is 34.3. The maximum atomic E-state index is 13.5. The number of carbonyl (C=O) groups is 1. The Morgan fingerprint density at radius 1 is 1.00 bits per heavy atom. The quantitative estimate of drug-likeness (QED) is 0.201.